The van der Waals surface area contributed by atoms with E-state index >= 15 is 0 Å². The predicted octanol–water partition coefficient (Wildman–Crippen LogP) is -0.160. The summed E-state index contributed by atoms with van der Waals surface area (Å²) in [5.74, 6) is 0.0287. The largest absolute Gasteiger partial charge is 0.383 e. The summed E-state index contributed by atoms with van der Waals surface area (Å²) in [6.07, 6.45) is 2.41. The van der Waals surface area contributed by atoms with E-state index in [2.05, 4.69) is 22.6 Å². The van der Waals surface area contributed by atoms with E-state index in [1.54, 1.807) is 14.2 Å². The Kier molecular flexibility index (Phi) is 8.06. The molecular formula is C14H29N3O3. The molecule has 2 N–H and O–H groups in total. The second-order valence-corrected chi connectivity index (χ2v) is 5.35. The molecule has 20 heavy (non-hydrogen) atoms. The Morgan fingerprint density at radius 2 is 2.00 bits per heavy atom. The topological polar surface area (TPSA) is 62.8 Å². The first-order valence-corrected chi connectivity index (χ1v) is 7.36. The van der Waals surface area contributed by atoms with Crippen molar-refractivity contribution in [2.75, 3.05) is 60.6 Å². The van der Waals surface area contributed by atoms with Gasteiger partial charge < -0.3 is 25.0 Å². The third-order valence-corrected chi connectivity index (χ3v) is 3.90. The van der Waals surface area contributed by atoms with Crippen LogP contribution >= 0.6 is 0 Å². The first kappa shape index (κ1) is 17.4. The molecule has 0 radical (unpaired) electrons. The zero-order valence-electron chi connectivity index (χ0n) is 13.0. The lowest BCUT2D eigenvalue weighted by Crippen LogP contribution is -2.54. The van der Waals surface area contributed by atoms with Gasteiger partial charge in [-0.25, -0.2) is 0 Å². The zero-order valence-corrected chi connectivity index (χ0v) is 13.0. The Morgan fingerprint density at radius 3 is 2.60 bits per heavy atom. The molecule has 0 spiro atoms. The monoisotopic (exact) mass is 287 g/mol. The van der Waals surface area contributed by atoms with Gasteiger partial charge in [-0.15, -0.1) is 0 Å². The Labute approximate surface area is 122 Å². The summed E-state index contributed by atoms with van der Waals surface area (Å²) in [6.45, 7) is 4.96. The molecule has 118 valence electrons. The van der Waals surface area contributed by atoms with Crippen LogP contribution in [0.4, 0.5) is 0 Å². The van der Waals surface area contributed by atoms with E-state index in [9.17, 15) is 4.79 Å². The molecule has 1 fully saturated rings. The van der Waals surface area contributed by atoms with Crippen molar-refractivity contribution < 1.29 is 14.3 Å². The van der Waals surface area contributed by atoms with Gasteiger partial charge in [0.15, 0.2) is 0 Å². The molecule has 1 heterocycles. The van der Waals surface area contributed by atoms with E-state index in [1.807, 2.05) is 0 Å². The first-order chi connectivity index (χ1) is 9.64. The third-order valence-electron chi connectivity index (χ3n) is 3.90. The van der Waals surface area contributed by atoms with Crippen LogP contribution in [0.1, 0.15) is 19.3 Å². The Hall–Kier alpha value is -0.690. The average molecular weight is 287 g/mol. The normalized spacial score (nSPS) is 18.2. The van der Waals surface area contributed by atoms with Gasteiger partial charge in [-0.2, -0.15) is 0 Å². The summed E-state index contributed by atoms with van der Waals surface area (Å²) in [5, 5.41) is 6.26. The summed E-state index contributed by atoms with van der Waals surface area (Å²) in [4.78, 5) is 14.5. The molecule has 0 unspecified atom stereocenters. The molecular weight excluding hydrogens is 258 g/mol. The van der Waals surface area contributed by atoms with Crippen LogP contribution < -0.4 is 10.6 Å². The quantitative estimate of drug-likeness (QED) is 0.577. The fourth-order valence-corrected chi connectivity index (χ4v) is 2.43. The maximum atomic E-state index is 12.3. The summed E-state index contributed by atoms with van der Waals surface area (Å²) < 4.78 is 10.5. The lowest BCUT2D eigenvalue weighted by molar-refractivity contribution is -0.146. The van der Waals surface area contributed by atoms with Crippen LogP contribution in [0, 0.1) is 0 Å². The Balaban J connectivity index is 2.21. The molecule has 1 rings (SSSR count). The molecule has 6 heteroatoms. The molecule has 0 aliphatic carbocycles. The maximum absolute atomic E-state index is 12.3. The zero-order chi connectivity index (χ0) is 14.8. The summed E-state index contributed by atoms with van der Waals surface area (Å²) in [7, 11) is 5.39. The number of hydrogen-bond donors (Lipinski definition) is 2. The van der Waals surface area contributed by atoms with Gasteiger partial charge in [0.05, 0.1) is 6.61 Å². The average Bonchev–Trinajstić information content (AvgIpc) is 2.49. The van der Waals surface area contributed by atoms with Crippen molar-refractivity contribution in [3.8, 4) is 0 Å². The van der Waals surface area contributed by atoms with Gasteiger partial charge in [-0.05, 0) is 45.9 Å². The predicted molar refractivity (Wildman–Crippen MR) is 78.8 cm³/mol. The number of carbonyl (C=O) groups is 1. The van der Waals surface area contributed by atoms with Crippen molar-refractivity contribution >= 4 is 5.91 Å². The first-order valence-electron chi connectivity index (χ1n) is 7.36. The number of methoxy groups -OCH3 is 2. The van der Waals surface area contributed by atoms with E-state index in [4.69, 9.17) is 9.47 Å². The van der Waals surface area contributed by atoms with Crippen molar-refractivity contribution in [1.29, 1.82) is 0 Å². The van der Waals surface area contributed by atoms with E-state index in [0.717, 1.165) is 52.0 Å². The summed E-state index contributed by atoms with van der Waals surface area (Å²) in [5.41, 5.74) is -0.632. The second-order valence-electron chi connectivity index (χ2n) is 5.35. The van der Waals surface area contributed by atoms with Gasteiger partial charge in [-0.1, -0.05) is 0 Å². The minimum absolute atomic E-state index is 0.0287. The molecule has 0 atom stereocenters. The minimum atomic E-state index is -0.632. The molecule has 0 bridgehead atoms. The lowest BCUT2D eigenvalue weighted by atomic mass is 9.91. The van der Waals surface area contributed by atoms with Crippen LogP contribution in [-0.4, -0.2) is 77.0 Å². The van der Waals surface area contributed by atoms with Gasteiger partial charge in [0.2, 0.25) is 0 Å². The van der Waals surface area contributed by atoms with Gasteiger partial charge in [0, 0.05) is 27.3 Å². The van der Waals surface area contributed by atoms with E-state index in [-0.39, 0.29) is 5.91 Å². The number of hydrogen-bond acceptors (Lipinski definition) is 5. The standard InChI is InChI=1S/C14H29N3O3/c1-17(11-12-19-2)10-4-7-16-13(18)14(20-3)5-8-15-9-6-14/h15H,4-12H2,1-3H3,(H,16,18). The number of piperidine rings is 1. The second kappa shape index (κ2) is 9.28. The summed E-state index contributed by atoms with van der Waals surface area (Å²) in [6, 6.07) is 0. The van der Waals surface area contributed by atoms with E-state index in [1.165, 1.54) is 0 Å². The van der Waals surface area contributed by atoms with E-state index in [0.29, 0.717) is 6.54 Å². The number of rotatable bonds is 9. The van der Waals surface area contributed by atoms with Gasteiger partial charge in [0.25, 0.3) is 5.91 Å². The molecule has 1 aliphatic rings. The van der Waals surface area contributed by atoms with Gasteiger partial charge in [0.1, 0.15) is 5.60 Å². The number of carbonyl (C=O) groups excluding carboxylic acids is 1. The van der Waals surface area contributed by atoms with Crippen LogP contribution in [0.25, 0.3) is 0 Å². The molecule has 0 aromatic heterocycles. The molecule has 6 nitrogen and oxygen atoms in total. The number of nitrogens with one attached hydrogen (secondary N) is 2. The number of amides is 1. The van der Waals surface area contributed by atoms with Crippen molar-refractivity contribution in [3.05, 3.63) is 0 Å². The highest BCUT2D eigenvalue weighted by Gasteiger charge is 2.39. The van der Waals surface area contributed by atoms with E-state index < -0.39 is 5.60 Å². The van der Waals surface area contributed by atoms with Crippen LogP contribution in [0.5, 0.6) is 0 Å². The van der Waals surface area contributed by atoms with Crippen LogP contribution in [0.15, 0.2) is 0 Å². The highest BCUT2D eigenvalue weighted by Crippen LogP contribution is 2.22. The number of nitrogens with zero attached hydrogens (tertiary/aromatic N) is 1. The minimum Gasteiger partial charge on any atom is -0.383 e. The molecule has 0 aromatic rings. The van der Waals surface area contributed by atoms with Crippen LogP contribution in [0.3, 0.4) is 0 Å². The third kappa shape index (κ3) is 5.36. The smallest absolute Gasteiger partial charge is 0.252 e. The highest BCUT2D eigenvalue weighted by molar-refractivity contribution is 5.85. The number of ether oxygens (including phenoxy) is 2. The van der Waals surface area contributed by atoms with Crippen LogP contribution in [-0.2, 0) is 14.3 Å². The fourth-order valence-electron chi connectivity index (χ4n) is 2.43. The van der Waals surface area contributed by atoms with Crippen molar-refractivity contribution in [2.24, 2.45) is 0 Å². The molecule has 1 saturated heterocycles. The highest BCUT2D eigenvalue weighted by atomic mass is 16.5. The molecule has 1 aliphatic heterocycles. The number of likely N-dealkylation sites (N-methyl/N-ethyl adjacent to an activating group) is 1. The maximum Gasteiger partial charge on any atom is 0.252 e. The van der Waals surface area contributed by atoms with Crippen molar-refractivity contribution in [3.63, 3.8) is 0 Å². The van der Waals surface area contributed by atoms with Crippen LogP contribution in [0.2, 0.25) is 0 Å². The molecule has 0 saturated carbocycles. The Bertz CT molecular complexity index is 281. The molecule has 1 amide bonds. The van der Waals surface area contributed by atoms with Crippen molar-refractivity contribution in [2.45, 2.75) is 24.9 Å². The molecule has 0 aromatic carbocycles. The van der Waals surface area contributed by atoms with Gasteiger partial charge >= 0.3 is 0 Å². The Morgan fingerprint density at radius 1 is 1.30 bits per heavy atom. The SMILES string of the molecule is COCCN(C)CCCNC(=O)C1(OC)CCNCC1. The summed E-state index contributed by atoms with van der Waals surface area (Å²) >= 11 is 0. The fraction of sp³-hybridized carbons (Fsp3) is 0.929. The van der Waals surface area contributed by atoms with Gasteiger partial charge in [-0.3, -0.25) is 4.79 Å². The lowest BCUT2D eigenvalue weighted by Gasteiger charge is -2.34. The van der Waals surface area contributed by atoms with Crippen molar-refractivity contribution in [1.82, 2.24) is 15.5 Å².